The van der Waals surface area contributed by atoms with Gasteiger partial charge in [-0.1, -0.05) is 32.4 Å². The van der Waals surface area contributed by atoms with Crippen LogP contribution >= 0.6 is 11.3 Å². The van der Waals surface area contributed by atoms with Gasteiger partial charge in [0.25, 0.3) is 0 Å². The molecule has 0 saturated carbocycles. The van der Waals surface area contributed by atoms with Crippen LogP contribution in [0.25, 0.3) is 11.3 Å². The van der Waals surface area contributed by atoms with Crippen LogP contribution in [0.1, 0.15) is 51.5 Å². The maximum Gasteiger partial charge on any atom is 0.243 e. The second-order valence-electron chi connectivity index (χ2n) is 7.56. The van der Waals surface area contributed by atoms with Crippen LogP contribution < -0.4 is 0 Å². The molecule has 28 heavy (non-hydrogen) atoms. The van der Waals surface area contributed by atoms with E-state index in [-0.39, 0.29) is 17.7 Å². The summed E-state index contributed by atoms with van der Waals surface area (Å²) < 4.78 is 27.5. The minimum absolute atomic E-state index is 0.0441. The van der Waals surface area contributed by atoms with Gasteiger partial charge in [-0.25, -0.2) is 13.4 Å². The van der Waals surface area contributed by atoms with Crippen LogP contribution in [-0.4, -0.2) is 36.1 Å². The van der Waals surface area contributed by atoms with Crippen molar-refractivity contribution in [2.75, 3.05) is 6.54 Å². The fourth-order valence-corrected chi connectivity index (χ4v) is 5.95. The van der Waals surface area contributed by atoms with Crippen molar-refractivity contribution in [1.29, 1.82) is 0 Å². The molecule has 1 aromatic heterocycles. The lowest BCUT2D eigenvalue weighted by atomic mass is 10.0. The summed E-state index contributed by atoms with van der Waals surface area (Å²) in [5.74, 6) is 0.259. The molecule has 2 aromatic rings. The van der Waals surface area contributed by atoms with Gasteiger partial charge in [0.05, 0.1) is 17.0 Å². The maximum absolute atomic E-state index is 12.9. The van der Waals surface area contributed by atoms with Crippen LogP contribution in [0.15, 0.2) is 34.5 Å². The number of Topliss-reactive ketones (excluding diaryl/α,β-unsaturated/α-hetero) is 1. The molecule has 1 fully saturated rings. The summed E-state index contributed by atoms with van der Waals surface area (Å²) in [6, 6.07) is 6.97. The Morgan fingerprint density at radius 2 is 2.00 bits per heavy atom. The number of piperidine rings is 1. The first kappa shape index (κ1) is 21.1. The van der Waals surface area contributed by atoms with Crippen LogP contribution in [0.2, 0.25) is 0 Å². The second kappa shape index (κ2) is 8.84. The number of hydrogen-bond acceptors (Lipinski definition) is 5. The highest BCUT2D eigenvalue weighted by Crippen LogP contribution is 2.28. The Hall–Kier alpha value is -1.57. The highest BCUT2D eigenvalue weighted by Gasteiger charge is 2.30. The van der Waals surface area contributed by atoms with Crippen molar-refractivity contribution in [3.05, 3.63) is 34.7 Å². The molecule has 0 bridgehead atoms. The van der Waals surface area contributed by atoms with Crippen molar-refractivity contribution in [1.82, 2.24) is 9.29 Å². The Bertz CT molecular complexity index is 919. The fourth-order valence-electron chi connectivity index (χ4n) is 3.44. The first-order valence-corrected chi connectivity index (χ1v) is 12.2. The third-order valence-electron chi connectivity index (χ3n) is 5.54. The Labute approximate surface area is 171 Å². The molecule has 2 heterocycles. The topological polar surface area (TPSA) is 67.3 Å². The SMILES string of the molecule is CCC(C)C(=O)Cc1nc(-c2ccc(S(=O)(=O)N3CCCCC3C)cc2)cs1. The molecule has 3 rings (SSSR count). The molecule has 0 amide bonds. The number of ketones is 1. The normalized spacial score (nSPS) is 19.5. The second-order valence-corrected chi connectivity index (χ2v) is 10.4. The van der Waals surface area contributed by atoms with Crippen LogP contribution in [0.5, 0.6) is 0 Å². The predicted molar refractivity (Wildman–Crippen MR) is 113 cm³/mol. The van der Waals surface area contributed by atoms with E-state index < -0.39 is 10.0 Å². The van der Waals surface area contributed by atoms with E-state index in [0.29, 0.717) is 17.9 Å². The standard InChI is InChI=1S/C21H28N2O3S2/c1-4-15(2)20(24)13-21-22-19(14-27-21)17-8-10-18(11-9-17)28(25,26)23-12-6-5-7-16(23)3/h8-11,14-16H,4-7,12-13H2,1-3H3. The number of aromatic nitrogens is 1. The molecule has 152 valence electrons. The van der Waals surface area contributed by atoms with Gasteiger partial charge in [0.2, 0.25) is 10.0 Å². The summed E-state index contributed by atoms with van der Waals surface area (Å²) in [5, 5.41) is 2.73. The predicted octanol–water partition coefficient (Wildman–Crippen LogP) is 4.53. The summed E-state index contributed by atoms with van der Waals surface area (Å²) in [6.07, 6.45) is 4.10. The van der Waals surface area contributed by atoms with E-state index in [1.807, 2.05) is 26.2 Å². The van der Waals surface area contributed by atoms with Gasteiger partial charge < -0.3 is 0 Å². The minimum Gasteiger partial charge on any atom is -0.299 e. The first-order chi connectivity index (χ1) is 13.3. The zero-order chi connectivity index (χ0) is 20.3. The molecule has 2 atom stereocenters. The molecule has 2 unspecified atom stereocenters. The molecule has 7 heteroatoms. The van der Waals surface area contributed by atoms with E-state index in [1.54, 1.807) is 28.6 Å². The number of carbonyl (C=O) groups excluding carboxylic acids is 1. The number of sulfonamides is 1. The zero-order valence-electron chi connectivity index (χ0n) is 16.7. The number of hydrogen-bond donors (Lipinski definition) is 0. The zero-order valence-corrected chi connectivity index (χ0v) is 18.4. The largest absolute Gasteiger partial charge is 0.299 e. The van der Waals surface area contributed by atoms with E-state index in [0.717, 1.165) is 41.9 Å². The van der Waals surface area contributed by atoms with Gasteiger partial charge in [-0.2, -0.15) is 4.31 Å². The van der Waals surface area contributed by atoms with Crippen molar-refractivity contribution in [3.8, 4) is 11.3 Å². The van der Waals surface area contributed by atoms with Crippen molar-refractivity contribution >= 4 is 27.1 Å². The Kier molecular flexibility index (Phi) is 6.68. The summed E-state index contributed by atoms with van der Waals surface area (Å²) in [5.41, 5.74) is 1.65. The Balaban J connectivity index is 1.75. The molecule has 1 aliphatic rings. The third kappa shape index (κ3) is 4.53. The van der Waals surface area contributed by atoms with Crippen molar-refractivity contribution in [2.45, 2.75) is 63.8 Å². The summed E-state index contributed by atoms with van der Waals surface area (Å²) in [6.45, 7) is 6.52. The molecule has 0 N–H and O–H groups in total. The van der Waals surface area contributed by atoms with E-state index >= 15 is 0 Å². The number of thiazole rings is 1. The lowest BCUT2D eigenvalue weighted by Gasteiger charge is -2.32. The van der Waals surface area contributed by atoms with Gasteiger partial charge in [-0.15, -0.1) is 11.3 Å². The quantitative estimate of drug-likeness (QED) is 0.660. The number of nitrogens with zero attached hydrogens (tertiary/aromatic N) is 2. The third-order valence-corrected chi connectivity index (χ3v) is 8.41. The molecule has 0 aliphatic carbocycles. The highest BCUT2D eigenvalue weighted by molar-refractivity contribution is 7.89. The van der Waals surface area contributed by atoms with Crippen molar-refractivity contribution in [2.24, 2.45) is 5.92 Å². The molecule has 1 aromatic carbocycles. The van der Waals surface area contributed by atoms with E-state index in [1.165, 1.54) is 11.3 Å². The van der Waals surface area contributed by atoms with Gasteiger partial charge in [0.1, 0.15) is 10.8 Å². The lowest BCUT2D eigenvalue weighted by Crippen LogP contribution is -2.41. The van der Waals surface area contributed by atoms with Gasteiger partial charge in [-0.3, -0.25) is 4.79 Å². The van der Waals surface area contributed by atoms with E-state index in [4.69, 9.17) is 0 Å². The van der Waals surface area contributed by atoms with Crippen LogP contribution in [0.3, 0.4) is 0 Å². The van der Waals surface area contributed by atoms with Gasteiger partial charge in [-0.05, 0) is 38.3 Å². The fraction of sp³-hybridized carbons (Fsp3) is 0.524. The molecule has 1 aliphatic heterocycles. The average molecular weight is 421 g/mol. The number of carbonyl (C=O) groups is 1. The Morgan fingerprint density at radius 1 is 1.29 bits per heavy atom. The molecular formula is C21H28N2O3S2. The highest BCUT2D eigenvalue weighted by atomic mass is 32.2. The smallest absolute Gasteiger partial charge is 0.243 e. The number of benzene rings is 1. The maximum atomic E-state index is 12.9. The van der Waals surface area contributed by atoms with Gasteiger partial charge in [0, 0.05) is 29.4 Å². The van der Waals surface area contributed by atoms with E-state index in [9.17, 15) is 13.2 Å². The Morgan fingerprint density at radius 3 is 2.64 bits per heavy atom. The molecule has 5 nitrogen and oxygen atoms in total. The molecule has 0 radical (unpaired) electrons. The van der Waals surface area contributed by atoms with Gasteiger partial charge in [0.15, 0.2) is 0 Å². The van der Waals surface area contributed by atoms with Crippen LogP contribution in [0.4, 0.5) is 0 Å². The number of rotatable bonds is 7. The molecule has 1 saturated heterocycles. The summed E-state index contributed by atoms with van der Waals surface area (Å²) in [7, 11) is -3.46. The minimum atomic E-state index is -3.46. The molecule has 0 spiro atoms. The first-order valence-electron chi connectivity index (χ1n) is 9.92. The monoisotopic (exact) mass is 420 g/mol. The van der Waals surface area contributed by atoms with Crippen LogP contribution in [0, 0.1) is 5.92 Å². The van der Waals surface area contributed by atoms with E-state index in [2.05, 4.69) is 4.98 Å². The van der Waals surface area contributed by atoms with Crippen molar-refractivity contribution < 1.29 is 13.2 Å². The summed E-state index contributed by atoms with van der Waals surface area (Å²) in [4.78, 5) is 17.0. The van der Waals surface area contributed by atoms with Crippen molar-refractivity contribution in [3.63, 3.8) is 0 Å². The summed E-state index contributed by atoms with van der Waals surface area (Å²) >= 11 is 1.47. The molecular weight excluding hydrogens is 392 g/mol. The van der Waals surface area contributed by atoms with Gasteiger partial charge >= 0.3 is 0 Å². The van der Waals surface area contributed by atoms with Crippen LogP contribution in [-0.2, 0) is 21.2 Å². The lowest BCUT2D eigenvalue weighted by molar-refractivity contribution is -0.121. The average Bonchev–Trinajstić information content (AvgIpc) is 3.16.